The highest BCUT2D eigenvalue weighted by atomic mass is 16.5. The number of carbonyl (C=O) groups is 4. The SMILES string of the molecule is COc1ccc(CNC(=O)C(=O)[C@H](Cc2ccccc2)NC(=O)CCC(=O)c2cc(OC)ccc2OC)cc1. The molecule has 9 nitrogen and oxygen atoms in total. The van der Waals surface area contributed by atoms with Gasteiger partial charge in [0, 0.05) is 25.8 Å². The molecule has 0 saturated heterocycles. The van der Waals surface area contributed by atoms with Crippen LogP contribution in [0, 0.1) is 0 Å². The van der Waals surface area contributed by atoms with E-state index in [9.17, 15) is 19.2 Å². The summed E-state index contributed by atoms with van der Waals surface area (Å²) in [4.78, 5) is 51.4. The highest BCUT2D eigenvalue weighted by Crippen LogP contribution is 2.25. The van der Waals surface area contributed by atoms with Crippen molar-refractivity contribution in [1.82, 2.24) is 10.6 Å². The number of ether oxygens (including phenoxy) is 3. The Kier molecular flexibility index (Phi) is 10.6. The third kappa shape index (κ3) is 8.43. The average Bonchev–Trinajstić information content (AvgIpc) is 2.98. The molecule has 9 heteroatoms. The first-order valence-corrected chi connectivity index (χ1v) is 12.4. The van der Waals surface area contributed by atoms with Crippen molar-refractivity contribution in [3.05, 3.63) is 89.5 Å². The van der Waals surface area contributed by atoms with Gasteiger partial charge in [0.05, 0.1) is 26.9 Å². The topological polar surface area (TPSA) is 120 Å². The molecule has 0 unspecified atom stereocenters. The minimum atomic E-state index is -1.10. The highest BCUT2D eigenvalue weighted by molar-refractivity contribution is 6.38. The van der Waals surface area contributed by atoms with Crippen LogP contribution < -0.4 is 24.8 Å². The van der Waals surface area contributed by atoms with Crippen molar-refractivity contribution in [2.45, 2.75) is 31.8 Å². The van der Waals surface area contributed by atoms with Crippen molar-refractivity contribution < 1.29 is 33.4 Å². The maximum absolute atomic E-state index is 13.1. The maximum Gasteiger partial charge on any atom is 0.289 e. The summed E-state index contributed by atoms with van der Waals surface area (Å²) in [6.45, 7) is 0.136. The van der Waals surface area contributed by atoms with Gasteiger partial charge >= 0.3 is 0 Å². The quantitative estimate of drug-likeness (QED) is 0.242. The van der Waals surface area contributed by atoms with Gasteiger partial charge in [0.2, 0.25) is 11.7 Å². The fourth-order valence-corrected chi connectivity index (χ4v) is 3.89. The van der Waals surface area contributed by atoms with Crippen molar-refractivity contribution in [2.24, 2.45) is 0 Å². The molecule has 0 aliphatic carbocycles. The molecule has 0 spiro atoms. The lowest BCUT2D eigenvalue weighted by atomic mass is 10.0. The van der Waals surface area contributed by atoms with Crippen LogP contribution in [0.1, 0.15) is 34.3 Å². The summed E-state index contributed by atoms with van der Waals surface area (Å²) in [5.74, 6) is -0.906. The summed E-state index contributed by atoms with van der Waals surface area (Å²) >= 11 is 0. The van der Waals surface area contributed by atoms with E-state index in [0.717, 1.165) is 11.1 Å². The van der Waals surface area contributed by atoms with Crippen molar-refractivity contribution in [3.8, 4) is 17.2 Å². The second-order valence-corrected chi connectivity index (χ2v) is 8.69. The standard InChI is InChI=1S/C30H32N2O7/c1-37-22-11-9-21(10-12-22)19-31-30(36)29(35)25(17-20-7-5-4-6-8-20)32-28(34)16-14-26(33)24-18-23(38-2)13-15-27(24)39-3/h4-13,15,18,25H,14,16-17,19H2,1-3H3,(H,31,36)(H,32,34)/t25-/m0/s1. The number of methoxy groups -OCH3 is 3. The van der Waals surface area contributed by atoms with E-state index < -0.39 is 23.6 Å². The molecule has 2 N–H and O–H groups in total. The molecule has 204 valence electrons. The molecular weight excluding hydrogens is 500 g/mol. The molecule has 0 bridgehead atoms. The number of rotatable bonds is 14. The molecule has 0 aliphatic heterocycles. The van der Waals surface area contributed by atoms with Gasteiger partial charge in [-0.15, -0.1) is 0 Å². The van der Waals surface area contributed by atoms with E-state index in [4.69, 9.17) is 14.2 Å². The Labute approximate surface area is 227 Å². The summed E-state index contributed by atoms with van der Waals surface area (Å²) in [6.07, 6.45) is -0.171. The van der Waals surface area contributed by atoms with E-state index in [-0.39, 0.29) is 31.6 Å². The van der Waals surface area contributed by atoms with Gasteiger partial charge in [0.25, 0.3) is 5.91 Å². The van der Waals surface area contributed by atoms with E-state index in [0.29, 0.717) is 22.8 Å². The number of nitrogens with one attached hydrogen (secondary N) is 2. The van der Waals surface area contributed by atoms with E-state index in [1.807, 2.05) is 18.2 Å². The molecule has 0 fully saturated rings. The Morgan fingerprint density at radius 3 is 2.05 bits per heavy atom. The Morgan fingerprint density at radius 1 is 0.744 bits per heavy atom. The Balaban J connectivity index is 1.65. The van der Waals surface area contributed by atoms with Crippen molar-refractivity contribution in [1.29, 1.82) is 0 Å². The van der Waals surface area contributed by atoms with Gasteiger partial charge in [-0.2, -0.15) is 0 Å². The number of hydrogen-bond donors (Lipinski definition) is 2. The van der Waals surface area contributed by atoms with E-state index in [2.05, 4.69) is 10.6 Å². The predicted molar refractivity (Wildman–Crippen MR) is 145 cm³/mol. The summed E-state index contributed by atoms with van der Waals surface area (Å²) in [7, 11) is 4.49. The first-order valence-electron chi connectivity index (χ1n) is 12.4. The van der Waals surface area contributed by atoms with Crippen LogP contribution in [-0.2, 0) is 27.3 Å². The van der Waals surface area contributed by atoms with Crippen LogP contribution in [0.5, 0.6) is 17.2 Å². The van der Waals surface area contributed by atoms with Crippen LogP contribution in [-0.4, -0.2) is 50.8 Å². The van der Waals surface area contributed by atoms with Crippen molar-refractivity contribution in [3.63, 3.8) is 0 Å². The molecule has 0 heterocycles. The van der Waals surface area contributed by atoms with Gasteiger partial charge in [0.15, 0.2) is 5.78 Å². The molecule has 0 radical (unpaired) electrons. The molecule has 3 aromatic carbocycles. The van der Waals surface area contributed by atoms with Gasteiger partial charge in [0.1, 0.15) is 23.3 Å². The largest absolute Gasteiger partial charge is 0.497 e. The number of amides is 2. The van der Waals surface area contributed by atoms with Crippen molar-refractivity contribution in [2.75, 3.05) is 21.3 Å². The van der Waals surface area contributed by atoms with Crippen LogP contribution in [0.25, 0.3) is 0 Å². The molecule has 0 aromatic heterocycles. The average molecular weight is 533 g/mol. The van der Waals surface area contributed by atoms with Gasteiger partial charge < -0.3 is 24.8 Å². The third-order valence-electron chi connectivity index (χ3n) is 6.06. The molecule has 1 atom stereocenters. The van der Waals surface area contributed by atoms with Crippen LogP contribution in [0.3, 0.4) is 0 Å². The van der Waals surface area contributed by atoms with Gasteiger partial charge in [-0.1, -0.05) is 42.5 Å². The Bertz CT molecular complexity index is 1290. The summed E-state index contributed by atoms with van der Waals surface area (Å²) in [6, 6.07) is 19.9. The lowest BCUT2D eigenvalue weighted by Gasteiger charge is -2.18. The summed E-state index contributed by atoms with van der Waals surface area (Å²) in [5.41, 5.74) is 1.85. The van der Waals surface area contributed by atoms with E-state index in [1.165, 1.54) is 14.2 Å². The van der Waals surface area contributed by atoms with Crippen molar-refractivity contribution >= 4 is 23.4 Å². The predicted octanol–water partition coefficient (Wildman–Crippen LogP) is 3.29. The Morgan fingerprint density at radius 2 is 1.41 bits per heavy atom. The normalized spacial score (nSPS) is 11.2. The molecule has 3 rings (SSSR count). The zero-order valence-corrected chi connectivity index (χ0v) is 22.2. The number of Topliss-reactive ketones (excluding diaryl/α,β-unsaturated/α-hetero) is 2. The zero-order valence-electron chi connectivity index (χ0n) is 22.2. The second-order valence-electron chi connectivity index (χ2n) is 8.69. The summed E-state index contributed by atoms with van der Waals surface area (Å²) in [5, 5.41) is 5.25. The number of hydrogen-bond acceptors (Lipinski definition) is 7. The zero-order chi connectivity index (χ0) is 28.2. The van der Waals surface area contributed by atoms with Crippen LogP contribution in [0.15, 0.2) is 72.8 Å². The fraction of sp³-hybridized carbons (Fsp3) is 0.267. The molecule has 0 aliphatic rings. The minimum Gasteiger partial charge on any atom is -0.497 e. The fourth-order valence-electron chi connectivity index (χ4n) is 3.89. The lowest BCUT2D eigenvalue weighted by molar-refractivity contribution is -0.140. The highest BCUT2D eigenvalue weighted by Gasteiger charge is 2.27. The monoisotopic (exact) mass is 532 g/mol. The van der Waals surface area contributed by atoms with E-state index in [1.54, 1.807) is 61.7 Å². The van der Waals surface area contributed by atoms with Crippen LogP contribution in [0.2, 0.25) is 0 Å². The Hall–Kier alpha value is -4.66. The second kappa shape index (κ2) is 14.3. The molecule has 0 saturated carbocycles. The smallest absolute Gasteiger partial charge is 0.289 e. The summed E-state index contributed by atoms with van der Waals surface area (Å²) < 4.78 is 15.6. The molecule has 3 aromatic rings. The molecular formula is C30H32N2O7. The van der Waals surface area contributed by atoms with Gasteiger partial charge in [-0.3, -0.25) is 19.2 Å². The van der Waals surface area contributed by atoms with Crippen LogP contribution >= 0.6 is 0 Å². The molecule has 39 heavy (non-hydrogen) atoms. The van der Waals surface area contributed by atoms with Crippen LogP contribution in [0.4, 0.5) is 0 Å². The third-order valence-corrected chi connectivity index (χ3v) is 6.06. The van der Waals surface area contributed by atoms with Gasteiger partial charge in [-0.25, -0.2) is 0 Å². The molecule has 2 amide bonds. The first kappa shape index (κ1) is 28.9. The number of carbonyl (C=O) groups excluding carboxylic acids is 4. The minimum absolute atomic E-state index is 0.120. The first-order chi connectivity index (χ1) is 18.8. The van der Waals surface area contributed by atoms with E-state index >= 15 is 0 Å². The maximum atomic E-state index is 13.1. The van der Waals surface area contributed by atoms with Gasteiger partial charge in [-0.05, 0) is 41.5 Å². The number of benzene rings is 3. The number of ketones is 2. The lowest BCUT2D eigenvalue weighted by Crippen LogP contribution is -2.48.